The van der Waals surface area contributed by atoms with Crippen LogP contribution in [0.5, 0.6) is 0 Å². The van der Waals surface area contributed by atoms with Crippen LogP contribution in [0.25, 0.3) is 20.9 Å². The van der Waals surface area contributed by atoms with Crippen LogP contribution < -0.4 is 9.62 Å². The number of hydrogen-bond acceptors (Lipinski definition) is 6. The van der Waals surface area contributed by atoms with E-state index in [4.69, 9.17) is 0 Å². The second kappa shape index (κ2) is 8.44. The summed E-state index contributed by atoms with van der Waals surface area (Å²) >= 11 is 1.30. The number of nitrogens with zero attached hydrogens (tertiary/aromatic N) is 3. The molecule has 0 amide bonds. The van der Waals surface area contributed by atoms with Gasteiger partial charge < -0.3 is 9.80 Å². The van der Waals surface area contributed by atoms with Crippen molar-refractivity contribution in [2.75, 3.05) is 38.1 Å². The maximum Gasteiger partial charge on any atom is 0.250 e. The topological polar surface area (TPSA) is 65.5 Å². The first-order valence-electron chi connectivity index (χ1n) is 10.7. The third-order valence-corrected chi connectivity index (χ3v) is 9.21. The number of rotatable bonds is 5. The van der Waals surface area contributed by atoms with E-state index in [2.05, 4.69) is 26.6 Å². The van der Waals surface area contributed by atoms with Crippen molar-refractivity contribution in [3.05, 3.63) is 66.4 Å². The third kappa shape index (κ3) is 3.99. The average molecular weight is 467 g/mol. The summed E-state index contributed by atoms with van der Waals surface area (Å²) < 4.78 is 30.8. The third-order valence-electron chi connectivity index (χ3n) is 6.09. The number of aromatic nitrogens is 1. The number of nitrogens with one attached hydrogen (secondary N) is 1. The lowest BCUT2D eigenvalue weighted by Gasteiger charge is -2.33. The van der Waals surface area contributed by atoms with E-state index in [1.165, 1.54) is 11.3 Å². The molecule has 0 bridgehead atoms. The summed E-state index contributed by atoms with van der Waals surface area (Å²) in [5, 5.41) is 3.06. The molecule has 0 saturated carbocycles. The van der Waals surface area contributed by atoms with Crippen LogP contribution in [0.4, 0.5) is 5.82 Å². The first-order chi connectivity index (χ1) is 15.4. The van der Waals surface area contributed by atoms with Crippen molar-refractivity contribution in [1.82, 2.24) is 14.6 Å². The van der Waals surface area contributed by atoms with Gasteiger partial charge in [0.05, 0.1) is 0 Å². The van der Waals surface area contributed by atoms with Gasteiger partial charge in [-0.2, -0.15) is 0 Å². The summed E-state index contributed by atoms with van der Waals surface area (Å²) in [5.74, 6) is 0.871. The monoisotopic (exact) mass is 466 g/mol. The molecular weight excluding hydrogens is 440 g/mol. The predicted molar refractivity (Wildman–Crippen MR) is 132 cm³/mol. The van der Waals surface area contributed by atoms with Crippen molar-refractivity contribution >= 4 is 48.0 Å². The molecule has 1 fully saturated rings. The predicted octanol–water partition coefficient (Wildman–Crippen LogP) is 4.24. The van der Waals surface area contributed by atoms with Crippen molar-refractivity contribution in [3.63, 3.8) is 0 Å². The maximum absolute atomic E-state index is 13.3. The number of hydrogen-bond donors (Lipinski definition) is 1. The van der Waals surface area contributed by atoms with E-state index >= 15 is 0 Å². The molecule has 8 heteroatoms. The van der Waals surface area contributed by atoms with Gasteiger partial charge in [-0.3, -0.25) is 0 Å². The number of pyridine rings is 1. The van der Waals surface area contributed by atoms with Gasteiger partial charge in [0.25, 0.3) is 10.0 Å². The lowest BCUT2D eigenvalue weighted by atomic mass is 10.0. The minimum atomic E-state index is -3.68. The van der Waals surface area contributed by atoms with Crippen LogP contribution in [0.15, 0.2) is 65.0 Å². The Morgan fingerprint density at radius 1 is 1.00 bits per heavy atom. The Kier molecular flexibility index (Phi) is 5.63. The van der Waals surface area contributed by atoms with Crippen molar-refractivity contribution < 1.29 is 8.42 Å². The molecular formula is C24H26N4O2S2. The highest BCUT2D eigenvalue weighted by Gasteiger charge is 2.24. The number of piperazine rings is 1. The van der Waals surface area contributed by atoms with E-state index in [0.29, 0.717) is 4.21 Å². The molecule has 0 aliphatic carbocycles. The average Bonchev–Trinajstić information content (AvgIpc) is 3.25. The van der Waals surface area contributed by atoms with Crippen molar-refractivity contribution in [2.45, 2.75) is 17.2 Å². The Morgan fingerprint density at radius 2 is 1.75 bits per heavy atom. The summed E-state index contributed by atoms with van der Waals surface area (Å²) in [4.78, 5) is 9.13. The van der Waals surface area contributed by atoms with E-state index < -0.39 is 10.0 Å². The van der Waals surface area contributed by atoms with E-state index in [9.17, 15) is 8.42 Å². The van der Waals surface area contributed by atoms with Gasteiger partial charge in [0.15, 0.2) is 0 Å². The van der Waals surface area contributed by atoms with Crippen LogP contribution in [0.3, 0.4) is 0 Å². The first-order valence-corrected chi connectivity index (χ1v) is 13.0. The summed E-state index contributed by atoms with van der Waals surface area (Å²) in [6.07, 6.45) is 1.77. The molecule has 4 aromatic rings. The summed E-state index contributed by atoms with van der Waals surface area (Å²) in [6.45, 7) is 5.60. The summed E-state index contributed by atoms with van der Waals surface area (Å²) in [5.41, 5.74) is 0.965. The second-order valence-corrected chi connectivity index (χ2v) is 11.3. The van der Waals surface area contributed by atoms with Gasteiger partial charge in [0.1, 0.15) is 10.0 Å². The SMILES string of the molecule is CC(NS(=O)(=O)c1cc2c(N3CCN(C)CC3)nccc2s1)c1cccc2ccccc12. The molecule has 5 rings (SSSR count). The van der Waals surface area contributed by atoms with Crippen LogP contribution in [0.2, 0.25) is 0 Å². The molecule has 1 aliphatic rings. The molecule has 166 valence electrons. The van der Waals surface area contributed by atoms with Gasteiger partial charge >= 0.3 is 0 Å². The normalized spacial score (nSPS) is 16.6. The first kappa shape index (κ1) is 21.3. The van der Waals surface area contributed by atoms with Crippen molar-refractivity contribution in [3.8, 4) is 0 Å². The van der Waals surface area contributed by atoms with E-state index in [1.54, 1.807) is 12.3 Å². The lowest BCUT2D eigenvalue weighted by molar-refractivity contribution is 0.312. The van der Waals surface area contributed by atoms with Crippen molar-refractivity contribution in [1.29, 1.82) is 0 Å². The van der Waals surface area contributed by atoms with E-state index in [0.717, 1.165) is 58.4 Å². The number of fused-ring (bicyclic) bond motifs is 2. The minimum Gasteiger partial charge on any atom is -0.354 e. The van der Waals surface area contributed by atoms with Gasteiger partial charge in [-0.1, -0.05) is 42.5 Å². The number of likely N-dealkylation sites (N-methyl/N-ethyl adjacent to an activating group) is 1. The van der Waals surface area contributed by atoms with Crippen LogP contribution in [-0.2, 0) is 10.0 Å². The second-order valence-electron chi connectivity index (χ2n) is 8.31. The fourth-order valence-electron chi connectivity index (χ4n) is 4.31. The molecule has 3 heterocycles. The highest BCUT2D eigenvalue weighted by Crippen LogP contribution is 2.35. The van der Waals surface area contributed by atoms with Crippen LogP contribution >= 0.6 is 11.3 Å². The molecule has 6 nitrogen and oxygen atoms in total. The highest BCUT2D eigenvalue weighted by atomic mass is 32.2. The number of thiophene rings is 1. The zero-order valence-corrected chi connectivity index (χ0v) is 19.8. The van der Waals surface area contributed by atoms with Gasteiger partial charge in [-0.05, 0) is 42.4 Å². The molecule has 0 spiro atoms. The molecule has 0 radical (unpaired) electrons. The van der Waals surface area contributed by atoms with Gasteiger partial charge in [-0.15, -0.1) is 11.3 Å². The number of anilines is 1. The zero-order valence-electron chi connectivity index (χ0n) is 18.2. The largest absolute Gasteiger partial charge is 0.354 e. The van der Waals surface area contributed by atoms with Crippen LogP contribution in [0.1, 0.15) is 18.5 Å². The number of benzene rings is 2. The Hall–Kier alpha value is -2.52. The van der Waals surface area contributed by atoms with Crippen LogP contribution in [0, 0.1) is 0 Å². The van der Waals surface area contributed by atoms with Gasteiger partial charge in [-0.25, -0.2) is 18.1 Å². The van der Waals surface area contributed by atoms with Crippen molar-refractivity contribution in [2.24, 2.45) is 0 Å². The standard InChI is InChI=1S/C24H26N4O2S2/c1-17(19-9-5-7-18-6-3-4-8-20(18)19)26-32(29,30)23-16-21-22(31-23)10-11-25-24(21)28-14-12-27(2)13-15-28/h3-11,16-17,26H,12-15H2,1-2H3. The fraction of sp³-hybridized carbons (Fsp3) is 0.292. The van der Waals surface area contributed by atoms with Gasteiger partial charge in [0, 0.05) is 48.5 Å². The summed E-state index contributed by atoms with van der Waals surface area (Å²) in [6, 6.07) is 17.3. The smallest absolute Gasteiger partial charge is 0.250 e. The quantitative estimate of drug-likeness (QED) is 0.477. The Balaban J connectivity index is 1.46. The Labute approximate surface area is 192 Å². The highest BCUT2D eigenvalue weighted by molar-refractivity contribution is 7.91. The number of sulfonamides is 1. The molecule has 1 unspecified atom stereocenters. The van der Waals surface area contributed by atoms with E-state index in [-0.39, 0.29) is 6.04 Å². The maximum atomic E-state index is 13.3. The lowest BCUT2D eigenvalue weighted by Crippen LogP contribution is -2.44. The molecule has 32 heavy (non-hydrogen) atoms. The molecule has 1 atom stereocenters. The Bertz CT molecular complexity index is 1370. The molecule has 1 saturated heterocycles. The Morgan fingerprint density at radius 3 is 2.56 bits per heavy atom. The minimum absolute atomic E-state index is 0.322. The summed E-state index contributed by atoms with van der Waals surface area (Å²) in [7, 11) is -1.57. The fourth-order valence-corrected chi connectivity index (χ4v) is 6.93. The van der Waals surface area contributed by atoms with Crippen LogP contribution in [-0.4, -0.2) is 51.5 Å². The van der Waals surface area contributed by atoms with Gasteiger partial charge in [0.2, 0.25) is 0 Å². The van der Waals surface area contributed by atoms with E-state index in [1.807, 2.05) is 55.5 Å². The zero-order chi connectivity index (χ0) is 22.3. The molecule has 1 aliphatic heterocycles. The molecule has 2 aromatic heterocycles. The molecule has 1 N–H and O–H groups in total. The molecule has 2 aromatic carbocycles.